The van der Waals surface area contributed by atoms with Crippen molar-refractivity contribution < 1.29 is 0 Å². The van der Waals surface area contributed by atoms with Gasteiger partial charge in [0.1, 0.15) is 0 Å². The van der Waals surface area contributed by atoms with Gasteiger partial charge >= 0.3 is 445 Å². The van der Waals surface area contributed by atoms with Crippen LogP contribution in [-0.4, -0.2) is 42.3 Å². The summed E-state index contributed by atoms with van der Waals surface area (Å²) in [6, 6.07) is 44.0. The van der Waals surface area contributed by atoms with E-state index in [1.54, 1.807) is 51.7 Å². The Hall–Kier alpha value is -3.08. The van der Waals surface area contributed by atoms with Gasteiger partial charge in [0.15, 0.2) is 0 Å². The van der Waals surface area contributed by atoms with Crippen molar-refractivity contribution in [2.75, 3.05) is 0 Å². The molecule has 360 valence electrons. The Morgan fingerprint density at radius 2 is 0.464 bits per heavy atom. The molecule has 69 heavy (non-hydrogen) atoms. The molecule has 4 atom stereocenters. The van der Waals surface area contributed by atoms with Crippen molar-refractivity contribution in [3.05, 3.63) is 154 Å². The molecule has 0 aliphatic heterocycles. The van der Waals surface area contributed by atoms with Gasteiger partial charge in [0.05, 0.1) is 0 Å². The quantitative estimate of drug-likeness (QED) is 0.0848. The van der Waals surface area contributed by atoms with Crippen molar-refractivity contribution in [3.63, 3.8) is 0 Å². The normalized spacial score (nSPS) is 18.3. The molecule has 8 rings (SSSR count). The maximum atomic E-state index is 2.56. The zero-order chi connectivity index (χ0) is 49.6. The molecule has 0 nitrogen and oxygen atoms in total. The number of benzene rings is 6. The van der Waals surface area contributed by atoms with Gasteiger partial charge in [0.25, 0.3) is 0 Å². The molecule has 0 aromatic heterocycles. The first-order valence-electron chi connectivity index (χ1n) is 27.2. The number of fused-ring (bicyclic) bond motifs is 2. The molecular weight excluding hydrogens is 1040 g/mol. The van der Waals surface area contributed by atoms with Gasteiger partial charge in [-0.25, -0.2) is 0 Å². The van der Waals surface area contributed by atoms with E-state index in [1.165, 1.54) is 63.8 Å². The summed E-state index contributed by atoms with van der Waals surface area (Å²) in [5, 5.41) is 0. The van der Waals surface area contributed by atoms with E-state index in [1.807, 2.05) is 0 Å². The summed E-state index contributed by atoms with van der Waals surface area (Å²) in [5.41, 5.74) is 24.7. The molecule has 0 amide bonds. The van der Waals surface area contributed by atoms with Gasteiger partial charge in [-0.15, -0.1) is 0 Å². The van der Waals surface area contributed by atoms with Crippen molar-refractivity contribution in [2.24, 2.45) is 11.8 Å². The van der Waals surface area contributed by atoms with E-state index in [2.05, 4.69) is 220 Å². The van der Waals surface area contributed by atoms with Gasteiger partial charge < -0.3 is 0 Å². The molecule has 2 heteroatoms. The summed E-state index contributed by atoms with van der Waals surface area (Å²) >= 11 is -2.24. The van der Waals surface area contributed by atoms with E-state index in [9.17, 15) is 0 Å². The molecule has 0 saturated heterocycles. The Bertz CT molecular complexity index is 2300. The Morgan fingerprint density at radius 3 is 0.638 bits per heavy atom. The van der Waals surface area contributed by atoms with E-state index in [0.717, 1.165) is 19.7 Å². The first-order valence-corrected chi connectivity index (χ1v) is 33.4. The maximum absolute atomic E-state index is 2.56. The van der Waals surface area contributed by atoms with E-state index in [4.69, 9.17) is 0 Å². The summed E-state index contributed by atoms with van der Waals surface area (Å²) in [7, 11) is 0. The zero-order valence-electron chi connectivity index (χ0n) is 45.4. The Labute approximate surface area is 441 Å². The van der Waals surface area contributed by atoms with Crippen LogP contribution in [0.15, 0.2) is 109 Å². The van der Waals surface area contributed by atoms with Crippen LogP contribution in [0.1, 0.15) is 222 Å². The summed E-state index contributed by atoms with van der Waals surface area (Å²) in [4.78, 5) is 0. The van der Waals surface area contributed by atoms with Gasteiger partial charge in [-0.2, -0.15) is 0 Å². The van der Waals surface area contributed by atoms with Crippen LogP contribution >= 0.6 is 0 Å². The second-order valence-corrected chi connectivity index (χ2v) is 32.4. The van der Waals surface area contributed by atoms with Crippen LogP contribution in [0.3, 0.4) is 0 Å². The predicted octanol–water partition coefficient (Wildman–Crippen LogP) is 18.7. The SMILES string of the molecule is CC(C)c1cccc(C(C)C)c1-c1cccc(-c2c(C(C)C)cccc2C(C)C)[c]1[Sn][CH]1CC2CC1C[CH]2[Sn][c]1c(-c2c(C(C)C)cccc2C(C)C)cccc1-c1c(C(C)C)cccc1C(C)C. The van der Waals surface area contributed by atoms with Crippen LogP contribution in [0.4, 0.5) is 0 Å². The van der Waals surface area contributed by atoms with Gasteiger partial charge in [-0.05, 0) is 0 Å². The van der Waals surface area contributed by atoms with Gasteiger partial charge in [0, 0.05) is 0 Å². The number of rotatable bonds is 16. The summed E-state index contributed by atoms with van der Waals surface area (Å²) in [6.07, 6.45) is 4.34. The molecule has 4 radical (unpaired) electrons. The molecule has 0 spiro atoms. The van der Waals surface area contributed by atoms with Crippen LogP contribution < -0.4 is 7.16 Å². The summed E-state index contributed by atoms with van der Waals surface area (Å²) < 4.78 is 5.31. The molecule has 6 aromatic rings. The number of hydrogen-bond donors (Lipinski definition) is 0. The van der Waals surface area contributed by atoms with E-state index >= 15 is 0 Å². The van der Waals surface area contributed by atoms with Gasteiger partial charge in [0.2, 0.25) is 0 Å². The molecule has 2 aliphatic rings. The number of hydrogen-bond acceptors (Lipinski definition) is 0. The molecular formula is C67H84Sn2. The first kappa shape index (κ1) is 52.2. The van der Waals surface area contributed by atoms with Crippen LogP contribution in [0.25, 0.3) is 44.5 Å². The monoisotopic (exact) mass is 1130 g/mol. The summed E-state index contributed by atoms with van der Waals surface area (Å²) in [6.45, 7) is 38.6. The van der Waals surface area contributed by atoms with Crippen molar-refractivity contribution in [2.45, 2.75) is 185 Å². The molecule has 2 fully saturated rings. The second kappa shape index (κ2) is 22.0. The van der Waals surface area contributed by atoms with Crippen LogP contribution in [0, 0.1) is 11.8 Å². The van der Waals surface area contributed by atoms with E-state index < -0.39 is 42.3 Å². The minimum absolute atomic E-state index is 0.463. The third kappa shape index (κ3) is 10.4. The Kier molecular flexibility index (Phi) is 16.6. The molecule has 4 unspecified atom stereocenters. The Balaban J connectivity index is 1.26. The van der Waals surface area contributed by atoms with Crippen LogP contribution in [-0.2, 0) is 0 Å². The van der Waals surface area contributed by atoms with Crippen molar-refractivity contribution >= 4 is 49.4 Å². The van der Waals surface area contributed by atoms with E-state index in [0.29, 0.717) is 47.3 Å². The molecule has 2 bridgehead atoms. The Morgan fingerprint density at radius 1 is 0.275 bits per heavy atom. The second-order valence-electron chi connectivity index (χ2n) is 23.7. The topological polar surface area (TPSA) is 0 Å². The summed E-state index contributed by atoms with van der Waals surface area (Å²) in [5.74, 6) is 5.40. The van der Waals surface area contributed by atoms with Crippen LogP contribution in [0.5, 0.6) is 0 Å². The van der Waals surface area contributed by atoms with E-state index in [-0.39, 0.29) is 0 Å². The molecule has 2 aliphatic carbocycles. The average Bonchev–Trinajstić information content (AvgIpc) is 3.90. The standard InChI is InChI=1S/2C30H37.C7H10.2Sn/c2*1-19(2)25-14-10-15-26(20(3)4)29(25)23-12-9-13-24(18-23)30-27(21(5)6)16-11-17-28(30)22(7)8;1-2-7-4-3-6(1)5-7;;/h2*9-17,19-22H,1-8H3;1,4,6-7H,2-3,5H2;;. The fourth-order valence-corrected chi connectivity index (χ4v) is 24.3. The zero-order valence-corrected chi connectivity index (χ0v) is 51.2. The molecule has 2 saturated carbocycles. The van der Waals surface area contributed by atoms with Crippen molar-refractivity contribution in [3.8, 4) is 44.5 Å². The third-order valence-electron chi connectivity index (χ3n) is 16.2. The molecule has 0 N–H and O–H groups in total. The van der Waals surface area contributed by atoms with Gasteiger partial charge in [-0.3, -0.25) is 0 Å². The van der Waals surface area contributed by atoms with Crippen LogP contribution in [0.2, 0.25) is 7.87 Å². The minimum atomic E-state index is -1.12. The molecule has 0 heterocycles. The fourth-order valence-electron chi connectivity index (χ4n) is 12.7. The van der Waals surface area contributed by atoms with Crippen molar-refractivity contribution in [1.29, 1.82) is 0 Å². The predicted molar refractivity (Wildman–Crippen MR) is 306 cm³/mol. The first-order chi connectivity index (χ1) is 32.9. The van der Waals surface area contributed by atoms with Gasteiger partial charge in [-0.1, -0.05) is 0 Å². The third-order valence-corrected chi connectivity index (χ3v) is 27.1. The fraction of sp³-hybridized carbons (Fsp3) is 0.463. The molecule has 6 aromatic carbocycles. The average molecular weight is 1130 g/mol. The van der Waals surface area contributed by atoms with Crippen molar-refractivity contribution in [1.82, 2.24) is 0 Å².